The Morgan fingerprint density at radius 3 is 2.50 bits per heavy atom. The van der Waals surface area contributed by atoms with Crippen molar-refractivity contribution in [1.82, 2.24) is 0 Å². The van der Waals surface area contributed by atoms with Crippen LogP contribution in [0.4, 0.5) is 0 Å². The summed E-state index contributed by atoms with van der Waals surface area (Å²) in [6, 6.07) is 8.28. The van der Waals surface area contributed by atoms with Crippen molar-refractivity contribution in [3.8, 4) is 0 Å². The Labute approximate surface area is 122 Å². The molecular formula is C18H26O2. The molecule has 2 heteroatoms. The van der Waals surface area contributed by atoms with Gasteiger partial charge < -0.3 is 5.11 Å². The smallest absolute Gasteiger partial charge is 0.309 e. The molecule has 1 N–H and O–H groups in total. The first-order chi connectivity index (χ1) is 9.43. The van der Waals surface area contributed by atoms with Gasteiger partial charge in [-0.15, -0.1) is 0 Å². The van der Waals surface area contributed by atoms with Crippen LogP contribution in [-0.4, -0.2) is 11.1 Å². The largest absolute Gasteiger partial charge is 0.481 e. The predicted octanol–water partition coefficient (Wildman–Crippen LogP) is 4.45. The third-order valence-electron chi connectivity index (χ3n) is 5.01. The lowest BCUT2D eigenvalue weighted by Gasteiger charge is -2.38. The lowest BCUT2D eigenvalue weighted by Crippen LogP contribution is -2.38. The van der Waals surface area contributed by atoms with E-state index in [4.69, 9.17) is 0 Å². The van der Waals surface area contributed by atoms with E-state index in [0.717, 1.165) is 31.2 Å². The molecule has 0 heterocycles. The standard InChI is InChI=1S/C18H26O2/c1-13(2)16-7-9-18(10-8-16,17(19)20)12-15-6-4-5-14(3)11-15/h4-6,11,13,16H,7-10,12H2,1-3H3,(H,19,20). The highest BCUT2D eigenvalue weighted by molar-refractivity contribution is 5.75. The molecule has 0 unspecified atom stereocenters. The van der Waals surface area contributed by atoms with Gasteiger partial charge in [-0.05, 0) is 56.4 Å². The number of hydrogen-bond donors (Lipinski definition) is 1. The Kier molecular flexibility index (Phi) is 4.52. The second-order valence-corrected chi connectivity index (χ2v) is 6.83. The molecule has 20 heavy (non-hydrogen) atoms. The molecule has 1 aromatic carbocycles. The lowest BCUT2D eigenvalue weighted by molar-refractivity contribution is -0.151. The summed E-state index contributed by atoms with van der Waals surface area (Å²) in [4.78, 5) is 11.8. The average Bonchev–Trinajstić information content (AvgIpc) is 2.39. The van der Waals surface area contributed by atoms with E-state index in [1.807, 2.05) is 6.07 Å². The van der Waals surface area contributed by atoms with Gasteiger partial charge in [-0.1, -0.05) is 43.7 Å². The number of aliphatic carboxylic acids is 1. The second-order valence-electron chi connectivity index (χ2n) is 6.83. The van der Waals surface area contributed by atoms with Crippen LogP contribution >= 0.6 is 0 Å². The minimum atomic E-state index is -0.610. The monoisotopic (exact) mass is 274 g/mol. The third kappa shape index (κ3) is 3.23. The number of carbonyl (C=O) groups is 1. The maximum atomic E-state index is 11.8. The number of carboxylic acid groups (broad SMARTS) is 1. The summed E-state index contributed by atoms with van der Waals surface area (Å²) in [5.41, 5.74) is 1.83. The van der Waals surface area contributed by atoms with Crippen molar-refractivity contribution in [3.05, 3.63) is 35.4 Å². The fraction of sp³-hybridized carbons (Fsp3) is 0.611. The van der Waals surface area contributed by atoms with E-state index in [9.17, 15) is 9.90 Å². The summed E-state index contributed by atoms with van der Waals surface area (Å²) in [7, 11) is 0. The molecular weight excluding hydrogens is 248 g/mol. The molecule has 1 fully saturated rings. The molecule has 0 atom stereocenters. The number of aryl methyl sites for hydroxylation is 1. The zero-order chi connectivity index (χ0) is 14.8. The van der Waals surface area contributed by atoms with Crippen molar-refractivity contribution in [3.63, 3.8) is 0 Å². The maximum Gasteiger partial charge on any atom is 0.309 e. The summed E-state index contributed by atoms with van der Waals surface area (Å²) >= 11 is 0. The Morgan fingerprint density at radius 2 is 2.00 bits per heavy atom. The Hall–Kier alpha value is -1.31. The van der Waals surface area contributed by atoms with Crippen molar-refractivity contribution in [2.75, 3.05) is 0 Å². The number of benzene rings is 1. The lowest BCUT2D eigenvalue weighted by atomic mass is 9.65. The minimum Gasteiger partial charge on any atom is -0.481 e. The van der Waals surface area contributed by atoms with E-state index in [1.165, 1.54) is 5.56 Å². The van der Waals surface area contributed by atoms with Crippen molar-refractivity contribution < 1.29 is 9.90 Å². The Morgan fingerprint density at radius 1 is 1.35 bits per heavy atom. The van der Waals surface area contributed by atoms with Crippen molar-refractivity contribution >= 4 is 5.97 Å². The summed E-state index contributed by atoms with van der Waals surface area (Å²) in [6.07, 6.45) is 4.42. The van der Waals surface area contributed by atoms with E-state index in [2.05, 4.69) is 39.0 Å². The molecule has 0 radical (unpaired) electrons. The molecule has 1 saturated carbocycles. The Bertz CT molecular complexity index is 468. The highest BCUT2D eigenvalue weighted by Crippen LogP contribution is 2.43. The van der Waals surface area contributed by atoms with Crippen LogP contribution in [-0.2, 0) is 11.2 Å². The van der Waals surface area contributed by atoms with Gasteiger partial charge in [0.1, 0.15) is 0 Å². The van der Waals surface area contributed by atoms with E-state index in [-0.39, 0.29) is 0 Å². The van der Waals surface area contributed by atoms with Crippen LogP contribution < -0.4 is 0 Å². The van der Waals surface area contributed by atoms with Crippen molar-refractivity contribution in [1.29, 1.82) is 0 Å². The van der Waals surface area contributed by atoms with Crippen LogP contribution in [0.1, 0.15) is 50.7 Å². The topological polar surface area (TPSA) is 37.3 Å². The number of hydrogen-bond acceptors (Lipinski definition) is 1. The molecule has 110 valence electrons. The maximum absolute atomic E-state index is 11.8. The summed E-state index contributed by atoms with van der Waals surface area (Å²) in [5, 5.41) is 9.74. The molecule has 1 aromatic rings. The van der Waals surface area contributed by atoms with Gasteiger partial charge in [0.2, 0.25) is 0 Å². The minimum absolute atomic E-state index is 0.542. The van der Waals surface area contributed by atoms with E-state index in [1.54, 1.807) is 0 Å². The highest BCUT2D eigenvalue weighted by atomic mass is 16.4. The van der Waals surface area contributed by atoms with E-state index >= 15 is 0 Å². The molecule has 1 aliphatic rings. The molecule has 0 aliphatic heterocycles. The summed E-state index contributed by atoms with van der Waals surface area (Å²) in [6.45, 7) is 6.56. The molecule has 0 saturated heterocycles. The highest BCUT2D eigenvalue weighted by Gasteiger charge is 2.42. The Balaban J connectivity index is 2.14. The van der Waals surface area contributed by atoms with Gasteiger partial charge in [0.05, 0.1) is 5.41 Å². The van der Waals surface area contributed by atoms with Crippen LogP contribution in [0.2, 0.25) is 0 Å². The average molecular weight is 274 g/mol. The van der Waals surface area contributed by atoms with Gasteiger partial charge >= 0.3 is 5.97 Å². The summed E-state index contributed by atoms with van der Waals surface area (Å²) < 4.78 is 0. The van der Waals surface area contributed by atoms with Crippen molar-refractivity contribution in [2.24, 2.45) is 17.3 Å². The third-order valence-corrected chi connectivity index (χ3v) is 5.01. The normalized spacial score (nSPS) is 26.7. The van der Waals surface area contributed by atoms with E-state index < -0.39 is 11.4 Å². The molecule has 2 nitrogen and oxygen atoms in total. The van der Waals surface area contributed by atoms with Gasteiger partial charge in [-0.25, -0.2) is 0 Å². The summed E-state index contributed by atoms with van der Waals surface area (Å²) in [5.74, 6) is 0.752. The molecule has 1 aliphatic carbocycles. The van der Waals surface area contributed by atoms with Crippen LogP contribution in [0.25, 0.3) is 0 Å². The molecule has 0 bridgehead atoms. The number of rotatable bonds is 4. The molecule has 0 spiro atoms. The molecule has 0 amide bonds. The van der Waals surface area contributed by atoms with E-state index in [0.29, 0.717) is 18.3 Å². The molecule has 0 aromatic heterocycles. The second kappa shape index (κ2) is 5.99. The SMILES string of the molecule is Cc1cccc(CC2(C(=O)O)CCC(C(C)C)CC2)c1. The van der Waals surface area contributed by atoms with Crippen molar-refractivity contribution in [2.45, 2.75) is 52.9 Å². The van der Waals surface area contributed by atoms with Gasteiger partial charge in [0, 0.05) is 0 Å². The van der Waals surface area contributed by atoms with Crippen LogP contribution in [0, 0.1) is 24.2 Å². The fourth-order valence-electron chi connectivity index (χ4n) is 3.54. The number of carboxylic acids is 1. The van der Waals surface area contributed by atoms with Crippen LogP contribution in [0.3, 0.4) is 0 Å². The first-order valence-electron chi connectivity index (χ1n) is 7.72. The van der Waals surface area contributed by atoms with Gasteiger partial charge in [0.15, 0.2) is 0 Å². The predicted molar refractivity (Wildman–Crippen MR) is 81.7 cm³/mol. The fourth-order valence-corrected chi connectivity index (χ4v) is 3.54. The van der Waals surface area contributed by atoms with Crippen LogP contribution in [0.15, 0.2) is 24.3 Å². The zero-order valence-electron chi connectivity index (χ0n) is 12.9. The molecule has 2 rings (SSSR count). The first kappa shape index (κ1) is 15.1. The quantitative estimate of drug-likeness (QED) is 0.880. The zero-order valence-corrected chi connectivity index (χ0v) is 12.9. The van der Waals surface area contributed by atoms with Crippen LogP contribution in [0.5, 0.6) is 0 Å². The van der Waals surface area contributed by atoms with Gasteiger partial charge in [-0.3, -0.25) is 4.79 Å². The van der Waals surface area contributed by atoms with Gasteiger partial charge in [0.25, 0.3) is 0 Å². The first-order valence-corrected chi connectivity index (χ1v) is 7.72. The van der Waals surface area contributed by atoms with Gasteiger partial charge in [-0.2, -0.15) is 0 Å².